The van der Waals surface area contributed by atoms with E-state index in [9.17, 15) is 14.4 Å². The summed E-state index contributed by atoms with van der Waals surface area (Å²) in [5.74, 6) is 0.331. The van der Waals surface area contributed by atoms with E-state index < -0.39 is 11.2 Å². The van der Waals surface area contributed by atoms with Gasteiger partial charge in [-0.05, 0) is 19.8 Å². The highest BCUT2D eigenvalue weighted by Crippen LogP contribution is 2.26. The molecule has 1 N–H and O–H groups in total. The largest absolute Gasteiger partial charge is 0.329 e. The Morgan fingerprint density at radius 2 is 1.95 bits per heavy atom. The number of hydrogen-bond acceptors (Lipinski definition) is 5. The van der Waals surface area contributed by atoms with Gasteiger partial charge in [-0.25, -0.2) is 9.78 Å². The Balaban J connectivity index is 2.72. The Bertz CT molecular complexity index is 831. The molecule has 7 nitrogen and oxygen atoms in total. The fourth-order valence-corrected chi connectivity index (χ4v) is 2.99. The number of Topliss-reactive ketones (excluding diaryl/α,β-unsaturated/α-hetero) is 1. The molecule has 0 saturated carbocycles. The number of carbonyl (C=O) groups excluding carboxylic acids is 1. The van der Waals surface area contributed by atoms with Crippen LogP contribution in [0.4, 0.5) is 0 Å². The summed E-state index contributed by atoms with van der Waals surface area (Å²) in [4.78, 5) is 42.1. The van der Waals surface area contributed by atoms with Gasteiger partial charge >= 0.3 is 5.69 Å². The van der Waals surface area contributed by atoms with Gasteiger partial charge in [0.05, 0.1) is 5.25 Å². The lowest BCUT2D eigenvalue weighted by Crippen LogP contribution is -2.29. The van der Waals surface area contributed by atoms with Crippen molar-refractivity contribution in [3.63, 3.8) is 0 Å². The van der Waals surface area contributed by atoms with Crippen molar-refractivity contribution in [1.29, 1.82) is 0 Å². The molecule has 0 aromatic carbocycles. The van der Waals surface area contributed by atoms with Crippen molar-refractivity contribution in [2.75, 3.05) is 0 Å². The molecule has 2 aromatic heterocycles. The third-order valence-electron chi connectivity index (χ3n) is 3.37. The molecule has 0 saturated heterocycles. The quantitative estimate of drug-likeness (QED) is 0.833. The van der Waals surface area contributed by atoms with Crippen molar-refractivity contribution in [3.8, 4) is 0 Å². The third kappa shape index (κ3) is 3.01. The van der Waals surface area contributed by atoms with E-state index in [4.69, 9.17) is 0 Å². The molecule has 120 valence electrons. The Morgan fingerprint density at radius 3 is 2.50 bits per heavy atom. The van der Waals surface area contributed by atoms with Crippen LogP contribution < -0.4 is 11.2 Å². The van der Waals surface area contributed by atoms with Gasteiger partial charge in [0.15, 0.2) is 16.3 Å². The summed E-state index contributed by atoms with van der Waals surface area (Å²) in [6.45, 7) is 7.98. The molecule has 0 radical (unpaired) electrons. The number of aryl methyl sites for hydroxylation is 1. The van der Waals surface area contributed by atoms with E-state index in [1.807, 2.05) is 13.8 Å². The molecular formula is C14H20N4O3S. The van der Waals surface area contributed by atoms with Crippen molar-refractivity contribution < 1.29 is 4.79 Å². The van der Waals surface area contributed by atoms with Crippen LogP contribution in [0.1, 0.15) is 27.7 Å². The number of H-pyrrole nitrogens is 1. The number of carbonyl (C=O) groups is 1. The molecule has 0 aliphatic rings. The maximum absolute atomic E-state index is 12.2. The van der Waals surface area contributed by atoms with Gasteiger partial charge in [-0.3, -0.25) is 19.1 Å². The third-order valence-corrected chi connectivity index (χ3v) is 4.58. The van der Waals surface area contributed by atoms with Crippen LogP contribution >= 0.6 is 11.8 Å². The topological polar surface area (TPSA) is 89.8 Å². The fraction of sp³-hybridized carbons (Fsp3) is 0.571. The summed E-state index contributed by atoms with van der Waals surface area (Å²) >= 11 is 1.30. The van der Waals surface area contributed by atoms with Crippen LogP contribution in [0, 0.1) is 5.92 Å². The molecule has 0 fully saturated rings. The SMILES string of the molecule is CC(=O)[C@H](C)Sc1nc2c(c(=O)[nH]c(=O)n2C)n1CC(C)C. The first kappa shape index (κ1) is 16.5. The summed E-state index contributed by atoms with van der Waals surface area (Å²) < 4.78 is 3.11. The molecule has 0 aliphatic carbocycles. The van der Waals surface area contributed by atoms with Gasteiger partial charge < -0.3 is 4.57 Å². The molecule has 8 heteroatoms. The first-order valence-corrected chi connectivity index (χ1v) is 7.97. The Morgan fingerprint density at radius 1 is 1.32 bits per heavy atom. The molecule has 22 heavy (non-hydrogen) atoms. The molecule has 0 bridgehead atoms. The molecule has 0 amide bonds. The van der Waals surface area contributed by atoms with Crippen molar-refractivity contribution in [1.82, 2.24) is 19.1 Å². The number of nitrogens with one attached hydrogen (secondary N) is 1. The van der Waals surface area contributed by atoms with E-state index in [2.05, 4.69) is 9.97 Å². The highest BCUT2D eigenvalue weighted by atomic mass is 32.2. The van der Waals surface area contributed by atoms with Crippen molar-refractivity contribution in [2.45, 2.75) is 44.6 Å². The number of nitrogens with zero attached hydrogens (tertiary/aromatic N) is 3. The highest BCUT2D eigenvalue weighted by Gasteiger charge is 2.21. The minimum atomic E-state index is -0.497. The lowest BCUT2D eigenvalue weighted by atomic mass is 10.2. The molecule has 0 aliphatic heterocycles. The average Bonchev–Trinajstić information content (AvgIpc) is 2.74. The van der Waals surface area contributed by atoms with E-state index in [0.29, 0.717) is 28.8 Å². The van der Waals surface area contributed by atoms with Crippen molar-refractivity contribution in [2.24, 2.45) is 13.0 Å². The van der Waals surface area contributed by atoms with E-state index in [0.717, 1.165) is 0 Å². The minimum Gasteiger partial charge on any atom is -0.313 e. The summed E-state index contributed by atoms with van der Waals surface area (Å²) in [5.41, 5.74) is -0.238. The number of thioether (sulfide) groups is 1. The maximum Gasteiger partial charge on any atom is 0.329 e. The first-order chi connectivity index (χ1) is 10.2. The van der Waals surface area contributed by atoms with Crippen LogP contribution in [0.3, 0.4) is 0 Å². The van der Waals surface area contributed by atoms with Gasteiger partial charge in [0.25, 0.3) is 5.56 Å². The number of ketones is 1. The van der Waals surface area contributed by atoms with Crippen LogP contribution in [0.25, 0.3) is 11.2 Å². The number of aromatic amines is 1. The van der Waals surface area contributed by atoms with Gasteiger partial charge in [0.1, 0.15) is 5.78 Å². The summed E-state index contributed by atoms with van der Waals surface area (Å²) in [7, 11) is 1.57. The van der Waals surface area contributed by atoms with Crippen LogP contribution in [0.5, 0.6) is 0 Å². The summed E-state index contributed by atoms with van der Waals surface area (Å²) in [6.07, 6.45) is 0. The Kier molecular flexibility index (Phi) is 4.60. The number of imidazole rings is 1. The average molecular weight is 324 g/mol. The van der Waals surface area contributed by atoms with Crippen LogP contribution in [0.15, 0.2) is 14.7 Å². The second-order valence-electron chi connectivity index (χ2n) is 5.76. The highest BCUT2D eigenvalue weighted by molar-refractivity contribution is 8.00. The number of rotatable bonds is 5. The van der Waals surface area contributed by atoms with Gasteiger partial charge in [-0.15, -0.1) is 0 Å². The molecule has 0 unspecified atom stereocenters. The molecular weight excluding hydrogens is 304 g/mol. The predicted octanol–water partition coefficient (Wildman–Crippen LogP) is 1.15. The zero-order valence-corrected chi connectivity index (χ0v) is 14.2. The zero-order chi connectivity index (χ0) is 16.6. The van der Waals surface area contributed by atoms with E-state index in [-0.39, 0.29) is 11.0 Å². The Labute approximate surface area is 131 Å². The van der Waals surface area contributed by atoms with Crippen LogP contribution in [0.2, 0.25) is 0 Å². The maximum atomic E-state index is 12.2. The predicted molar refractivity (Wildman–Crippen MR) is 86.4 cm³/mol. The molecule has 2 heterocycles. The summed E-state index contributed by atoms with van der Waals surface area (Å²) in [6, 6.07) is 0. The number of aromatic nitrogens is 4. The van der Waals surface area contributed by atoms with Crippen molar-refractivity contribution in [3.05, 3.63) is 20.8 Å². The second-order valence-corrected chi connectivity index (χ2v) is 7.07. The number of hydrogen-bond donors (Lipinski definition) is 1. The van der Waals surface area contributed by atoms with Gasteiger partial charge in [-0.1, -0.05) is 25.6 Å². The van der Waals surface area contributed by atoms with Gasteiger partial charge in [-0.2, -0.15) is 0 Å². The van der Waals surface area contributed by atoms with Crippen molar-refractivity contribution >= 4 is 28.7 Å². The number of fused-ring (bicyclic) bond motifs is 1. The fourth-order valence-electron chi connectivity index (χ4n) is 2.08. The molecule has 2 rings (SSSR count). The van der Waals surface area contributed by atoms with E-state index in [1.165, 1.54) is 23.3 Å². The lowest BCUT2D eigenvalue weighted by Gasteiger charge is -2.12. The molecule has 2 aromatic rings. The van der Waals surface area contributed by atoms with E-state index in [1.54, 1.807) is 18.5 Å². The van der Waals surface area contributed by atoms with E-state index >= 15 is 0 Å². The van der Waals surface area contributed by atoms with Gasteiger partial charge in [0.2, 0.25) is 0 Å². The standard InChI is InChI=1S/C14H20N4O3S/c1-7(2)6-18-10-11(17(5)13(21)16-12(10)20)15-14(18)22-9(4)8(3)19/h7,9H,6H2,1-5H3,(H,16,20,21)/t9-/m0/s1. The minimum absolute atomic E-state index is 0.0379. The monoisotopic (exact) mass is 324 g/mol. The summed E-state index contributed by atoms with van der Waals surface area (Å²) in [5, 5.41) is 0.317. The van der Waals surface area contributed by atoms with Crippen LogP contribution in [-0.4, -0.2) is 30.1 Å². The zero-order valence-electron chi connectivity index (χ0n) is 13.3. The molecule has 0 spiro atoms. The molecule has 1 atom stereocenters. The lowest BCUT2D eigenvalue weighted by molar-refractivity contribution is -0.116. The Hall–Kier alpha value is -1.83. The normalized spacial score (nSPS) is 13.0. The second kappa shape index (κ2) is 6.12. The smallest absolute Gasteiger partial charge is 0.313 e. The van der Waals surface area contributed by atoms with Gasteiger partial charge in [0, 0.05) is 13.6 Å². The first-order valence-electron chi connectivity index (χ1n) is 7.09. The van der Waals surface area contributed by atoms with Crippen LogP contribution in [-0.2, 0) is 18.4 Å².